The third kappa shape index (κ3) is 3.58. The van der Waals surface area contributed by atoms with Crippen LogP contribution in [-0.2, 0) is 0 Å². The summed E-state index contributed by atoms with van der Waals surface area (Å²) in [6, 6.07) is 5.64. The number of halogens is 2. The van der Waals surface area contributed by atoms with Gasteiger partial charge in [0.05, 0.1) is 0 Å². The summed E-state index contributed by atoms with van der Waals surface area (Å²) in [5.74, 6) is -0.186. The van der Waals surface area contributed by atoms with Crippen LogP contribution in [0.5, 0.6) is 0 Å². The van der Waals surface area contributed by atoms with Crippen LogP contribution < -0.4 is 5.73 Å². The van der Waals surface area contributed by atoms with Gasteiger partial charge in [-0.2, -0.15) is 0 Å². The van der Waals surface area contributed by atoms with Crippen molar-refractivity contribution in [3.63, 3.8) is 0 Å². The van der Waals surface area contributed by atoms with Crippen LogP contribution in [0.2, 0.25) is 0 Å². The molecule has 1 aromatic rings. The van der Waals surface area contributed by atoms with Gasteiger partial charge in [-0.05, 0) is 52.2 Å². The van der Waals surface area contributed by atoms with Crippen LogP contribution in [0.1, 0.15) is 24.4 Å². The monoisotopic (exact) mass is 343 g/mol. The van der Waals surface area contributed by atoms with E-state index in [2.05, 4.69) is 39.8 Å². The molecule has 1 atom stereocenters. The van der Waals surface area contributed by atoms with E-state index >= 15 is 0 Å². The second-order valence-corrected chi connectivity index (χ2v) is 6.53. The van der Waals surface area contributed by atoms with Gasteiger partial charge in [-0.3, -0.25) is 4.90 Å². The maximum atomic E-state index is 14.2. The Morgan fingerprint density at radius 1 is 1.45 bits per heavy atom. The normalized spacial score (nSPS) is 19.5. The molecule has 1 aliphatic rings. The summed E-state index contributed by atoms with van der Waals surface area (Å²) in [5, 5.41) is 0. The first-order valence-electron chi connectivity index (χ1n) is 7.08. The lowest BCUT2D eigenvalue weighted by Gasteiger charge is -2.39. The first-order valence-corrected chi connectivity index (χ1v) is 7.87. The van der Waals surface area contributed by atoms with Crippen molar-refractivity contribution in [2.75, 3.05) is 33.7 Å². The van der Waals surface area contributed by atoms with Gasteiger partial charge in [0.25, 0.3) is 0 Å². The van der Waals surface area contributed by atoms with Gasteiger partial charge in [0.15, 0.2) is 0 Å². The van der Waals surface area contributed by atoms with E-state index in [9.17, 15) is 4.39 Å². The average Bonchev–Trinajstić information content (AvgIpc) is 2.42. The molecular formula is C15H23BrFN3. The number of benzene rings is 1. The lowest BCUT2D eigenvalue weighted by atomic mass is 9.98. The number of rotatable bonds is 4. The molecular weight excluding hydrogens is 321 g/mol. The second kappa shape index (κ2) is 6.98. The van der Waals surface area contributed by atoms with E-state index in [0.717, 1.165) is 30.4 Å². The summed E-state index contributed by atoms with van der Waals surface area (Å²) in [6.45, 7) is 2.62. The molecule has 1 heterocycles. The summed E-state index contributed by atoms with van der Waals surface area (Å²) in [4.78, 5) is 4.58. The molecule has 0 spiro atoms. The van der Waals surface area contributed by atoms with E-state index in [0.29, 0.717) is 18.2 Å². The minimum atomic E-state index is -0.186. The molecule has 2 rings (SSSR count). The Bertz CT molecular complexity index is 447. The van der Waals surface area contributed by atoms with Crippen molar-refractivity contribution in [2.45, 2.75) is 24.9 Å². The summed E-state index contributed by atoms with van der Waals surface area (Å²) >= 11 is 3.30. The summed E-state index contributed by atoms with van der Waals surface area (Å²) in [7, 11) is 4.21. The highest BCUT2D eigenvalue weighted by Crippen LogP contribution is 2.28. The summed E-state index contributed by atoms with van der Waals surface area (Å²) in [5.41, 5.74) is 6.61. The standard InChI is InChI=1S/C15H23BrFN3/c1-19-7-5-12(6-8-19)20(2)15(10-18)13-4-3-11(16)9-14(13)17/h3-4,9,12,15H,5-8,10,18H2,1-2H3. The largest absolute Gasteiger partial charge is 0.329 e. The molecule has 1 aromatic carbocycles. The highest BCUT2D eigenvalue weighted by molar-refractivity contribution is 9.10. The summed E-state index contributed by atoms with van der Waals surface area (Å²) < 4.78 is 14.9. The van der Waals surface area contributed by atoms with Crippen molar-refractivity contribution < 1.29 is 4.39 Å². The van der Waals surface area contributed by atoms with Crippen LogP contribution in [0, 0.1) is 5.82 Å². The summed E-state index contributed by atoms with van der Waals surface area (Å²) in [6.07, 6.45) is 2.23. The van der Waals surface area contributed by atoms with Gasteiger partial charge in [0.2, 0.25) is 0 Å². The molecule has 0 amide bonds. The van der Waals surface area contributed by atoms with Gasteiger partial charge in [0.1, 0.15) is 5.82 Å². The Morgan fingerprint density at radius 3 is 2.65 bits per heavy atom. The van der Waals surface area contributed by atoms with Crippen LogP contribution in [0.15, 0.2) is 22.7 Å². The minimum absolute atomic E-state index is 0.0588. The van der Waals surface area contributed by atoms with E-state index in [4.69, 9.17) is 5.73 Å². The van der Waals surface area contributed by atoms with E-state index in [1.54, 1.807) is 0 Å². The Morgan fingerprint density at radius 2 is 2.10 bits per heavy atom. The third-order valence-corrected chi connectivity index (χ3v) is 4.79. The Kier molecular flexibility index (Phi) is 5.55. The first-order chi connectivity index (χ1) is 9.52. The molecule has 3 nitrogen and oxygen atoms in total. The molecule has 5 heteroatoms. The number of likely N-dealkylation sites (tertiary alicyclic amines) is 1. The van der Waals surface area contributed by atoms with Crippen molar-refractivity contribution >= 4 is 15.9 Å². The molecule has 1 aliphatic heterocycles. The van der Waals surface area contributed by atoms with Gasteiger partial charge < -0.3 is 10.6 Å². The zero-order valence-corrected chi connectivity index (χ0v) is 13.7. The predicted octanol–water partition coefficient (Wildman–Crippen LogP) is 2.61. The van der Waals surface area contributed by atoms with Crippen LogP contribution >= 0.6 is 15.9 Å². The topological polar surface area (TPSA) is 32.5 Å². The van der Waals surface area contributed by atoms with E-state index < -0.39 is 0 Å². The lowest BCUT2D eigenvalue weighted by molar-refractivity contribution is 0.108. The molecule has 2 N–H and O–H groups in total. The van der Waals surface area contributed by atoms with Crippen molar-refractivity contribution in [1.82, 2.24) is 9.80 Å². The molecule has 0 aliphatic carbocycles. The zero-order chi connectivity index (χ0) is 14.7. The Balaban J connectivity index is 2.14. The molecule has 0 aromatic heterocycles. The van der Waals surface area contributed by atoms with Crippen molar-refractivity contribution in [3.05, 3.63) is 34.1 Å². The average molecular weight is 344 g/mol. The molecule has 112 valence electrons. The van der Waals surface area contributed by atoms with Crippen molar-refractivity contribution in [2.24, 2.45) is 5.73 Å². The van der Waals surface area contributed by atoms with Gasteiger partial charge in [-0.25, -0.2) is 4.39 Å². The van der Waals surface area contributed by atoms with Crippen molar-refractivity contribution in [3.8, 4) is 0 Å². The maximum absolute atomic E-state index is 14.2. The van der Waals surface area contributed by atoms with Gasteiger partial charge in [-0.15, -0.1) is 0 Å². The highest BCUT2D eigenvalue weighted by atomic mass is 79.9. The molecule has 1 unspecified atom stereocenters. The number of hydrogen-bond acceptors (Lipinski definition) is 3. The zero-order valence-electron chi connectivity index (χ0n) is 12.1. The maximum Gasteiger partial charge on any atom is 0.129 e. The van der Waals surface area contributed by atoms with Crippen LogP contribution in [0.4, 0.5) is 4.39 Å². The Hall–Kier alpha value is -0.490. The number of nitrogens with zero attached hydrogens (tertiary/aromatic N) is 2. The van der Waals surface area contributed by atoms with Gasteiger partial charge in [0, 0.05) is 28.7 Å². The fourth-order valence-corrected chi connectivity index (χ4v) is 3.27. The molecule has 0 bridgehead atoms. The predicted molar refractivity (Wildman–Crippen MR) is 84.2 cm³/mol. The van der Waals surface area contributed by atoms with Crippen molar-refractivity contribution in [1.29, 1.82) is 0 Å². The Labute approximate surface area is 129 Å². The number of nitrogens with two attached hydrogens (primary N) is 1. The smallest absolute Gasteiger partial charge is 0.129 e. The van der Waals surface area contributed by atoms with E-state index in [1.165, 1.54) is 6.07 Å². The molecule has 1 fully saturated rings. The second-order valence-electron chi connectivity index (χ2n) is 5.62. The number of hydrogen-bond donors (Lipinski definition) is 1. The molecule has 1 saturated heterocycles. The quantitative estimate of drug-likeness (QED) is 0.911. The fourth-order valence-electron chi connectivity index (χ4n) is 2.94. The lowest BCUT2D eigenvalue weighted by Crippen LogP contribution is -2.45. The fraction of sp³-hybridized carbons (Fsp3) is 0.600. The number of likely N-dealkylation sites (N-methyl/N-ethyl adjacent to an activating group) is 1. The van der Waals surface area contributed by atoms with E-state index in [1.807, 2.05) is 12.1 Å². The number of piperidine rings is 1. The van der Waals surface area contributed by atoms with Crippen LogP contribution in [0.3, 0.4) is 0 Å². The molecule has 20 heavy (non-hydrogen) atoms. The van der Waals surface area contributed by atoms with Gasteiger partial charge >= 0.3 is 0 Å². The first kappa shape index (κ1) is 15.9. The highest BCUT2D eigenvalue weighted by Gasteiger charge is 2.27. The molecule has 0 radical (unpaired) electrons. The van der Waals surface area contributed by atoms with Gasteiger partial charge in [-0.1, -0.05) is 22.0 Å². The molecule has 0 saturated carbocycles. The third-order valence-electron chi connectivity index (χ3n) is 4.30. The van der Waals surface area contributed by atoms with Crippen LogP contribution in [0.25, 0.3) is 0 Å². The van der Waals surface area contributed by atoms with Crippen LogP contribution in [-0.4, -0.2) is 49.6 Å². The SMILES string of the molecule is CN1CCC(N(C)C(CN)c2ccc(Br)cc2F)CC1. The minimum Gasteiger partial charge on any atom is -0.329 e. The van der Waals surface area contributed by atoms with E-state index in [-0.39, 0.29) is 11.9 Å².